The van der Waals surface area contributed by atoms with Crippen molar-refractivity contribution in [2.75, 3.05) is 11.1 Å². The van der Waals surface area contributed by atoms with E-state index < -0.39 is 0 Å². The Morgan fingerprint density at radius 1 is 1.20 bits per heavy atom. The van der Waals surface area contributed by atoms with Gasteiger partial charge in [-0.1, -0.05) is 59.7 Å². The first-order chi connectivity index (χ1) is 14.3. The topological polar surface area (TPSA) is 77.2 Å². The third-order valence-electron chi connectivity index (χ3n) is 4.43. The van der Waals surface area contributed by atoms with Gasteiger partial charge in [0.05, 0.1) is 5.75 Å². The highest BCUT2D eigenvalue weighted by atomic mass is 79.9. The lowest BCUT2D eigenvalue weighted by Crippen LogP contribution is -2.15. The van der Waals surface area contributed by atoms with E-state index in [-0.39, 0.29) is 18.3 Å². The molecule has 1 heterocycles. The minimum Gasteiger partial charge on any atom is -0.483 e. The molecule has 3 rings (SSSR count). The van der Waals surface area contributed by atoms with E-state index in [1.807, 2.05) is 50.2 Å². The first-order valence-electron chi connectivity index (χ1n) is 9.57. The summed E-state index contributed by atoms with van der Waals surface area (Å²) >= 11 is 4.67. The summed E-state index contributed by atoms with van der Waals surface area (Å²) in [5, 5.41) is 11.3. The number of aryl methyl sites for hydroxylation is 2. The molecule has 30 heavy (non-hydrogen) atoms. The normalized spacial score (nSPS) is 11.0. The largest absolute Gasteiger partial charge is 0.483 e. The first-order valence-corrected chi connectivity index (χ1v) is 11.3. The highest BCUT2D eigenvalue weighted by molar-refractivity contribution is 9.10. The van der Waals surface area contributed by atoms with Gasteiger partial charge in [0.2, 0.25) is 5.91 Å². The van der Waals surface area contributed by atoms with Gasteiger partial charge < -0.3 is 14.5 Å². The molecule has 0 aliphatic heterocycles. The molecule has 3 aromatic rings. The summed E-state index contributed by atoms with van der Waals surface area (Å²) < 4.78 is 12.4. The van der Waals surface area contributed by atoms with Crippen LogP contribution in [-0.2, 0) is 11.4 Å². The highest BCUT2D eigenvalue weighted by Gasteiger charge is 2.14. The van der Waals surface area contributed by atoms with Gasteiger partial charge in [0.25, 0.3) is 11.1 Å². The predicted octanol–water partition coefficient (Wildman–Crippen LogP) is 5.88. The molecule has 0 aliphatic rings. The van der Waals surface area contributed by atoms with Crippen molar-refractivity contribution in [3.63, 3.8) is 0 Å². The summed E-state index contributed by atoms with van der Waals surface area (Å²) in [4.78, 5) is 12.4. The minimum atomic E-state index is -0.129. The summed E-state index contributed by atoms with van der Waals surface area (Å²) in [7, 11) is 0. The van der Waals surface area contributed by atoms with Crippen molar-refractivity contribution in [3.8, 4) is 5.75 Å². The lowest BCUT2D eigenvalue weighted by atomic mass is 10.0. The number of thioether (sulfide) groups is 1. The van der Waals surface area contributed by atoms with Gasteiger partial charge in [0, 0.05) is 10.2 Å². The van der Waals surface area contributed by atoms with Gasteiger partial charge in [-0.2, -0.15) is 0 Å². The lowest BCUT2D eigenvalue weighted by molar-refractivity contribution is -0.113. The molecular formula is C22H24BrN3O3S. The number of carbonyl (C=O) groups is 1. The standard InChI is InChI=1S/C22H24BrN3O3S/c1-13(2)17-10-16(23)8-9-18(17)24-19(27)12-30-22-26-25-20(29-22)11-28-21-14(3)6-5-7-15(21)4/h5-10,13H,11-12H2,1-4H3,(H,24,27). The van der Waals surface area contributed by atoms with Crippen molar-refractivity contribution in [2.24, 2.45) is 0 Å². The van der Waals surface area contributed by atoms with Crippen molar-refractivity contribution >= 4 is 39.3 Å². The van der Waals surface area contributed by atoms with Crippen LogP contribution in [0.5, 0.6) is 5.75 Å². The number of nitrogens with zero attached hydrogens (tertiary/aromatic N) is 2. The smallest absolute Gasteiger partial charge is 0.277 e. The maximum absolute atomic E-state index is 12.4. The molecule has 1 aromatic heterocycles. The van der Waals surface area contributed by atoms with Crippen LogP contribution < -0.4 is 10.1 Å². The van der Waals surface area contributed by atoms with Crippen molar-refractivity contribution < 1.29 is 13.9 Å². The number of nitrogens with one attached hydrogen (secondary N) is 1. The van der Waals surface area contributed by atoms with E-state index >= 15 is 0 Å². The lowest BCUT2D eigenvalue weighted by Gasteiger charge is -2.14. The molecule has 0 saturated heterocycles. The van der Waals surface area contributed by atoms with Gasteiger partial charge in [-0.15, -0.1) is 10.2 Å². The van der Waals surface area contributed by atoms with Crippen LogP contribution >= 0.6 is 27.7 Å². The predicted molar refractivity (Wildman–Crippen MR) is 122 cm³/mol. The number of rotatable bonds is 8. The average Bonchev–Trinajstić information content (AvgIpc) is 3.15. The maximum atomic E-state index is 12.4. The van der Waals surface area contributed by atoms with E-state index in [4.69, 9.17) is 9.15 Å². The van der Waals surface area contributed by atoms with Crippen molar-refractivity contribution in [1.29, 1.82) is 0 Å². The number of hydrogen-bond donors (Lipinski definition) is 1. The fourth-order valence-corrected chi connectivity index (χ4v) is 3.91. The molecule has 1 N–H and O–H groups in total. The molecule has 8 heteroatoms. The summed E-state index contributed by atoms with van der Waals surface area (Å²) in [6.45, 7) is 8.35. The monoisotopic (exact) mass is 489 g/mol. The average molecular weight is 490 g/mol. The zero-order valence-corrected chi connectivity index (χ0v) is 19.8. The molecule has 0 bridgehead atoms. The second-order valence-corrected chi connectivity index (χ2v) is 9.04. The van der Waals surface area contributed by atoms with Gasteiger partial charge in [-0.25, -0.2) is 0 Å². The summed E-state index contributed by atoms with van der Waals surface area (Å²) in [5.41, 5.74) is 3.99. The Balaban J connectivity index is 1.54. The van der Waals surface area contributed by atoms with Crippen LogP contribution in [0.15, 0.2) is 50.5 Å². The fraction of sp³-hybridized carbons (Fsp3) is 0.318. The molecule has 0 radical (unpaired) electrons. The summed E-state index contributed by atoms with van der Waals surface area (Å²) in [5.74, 6) is 1.53. The van der Waals surface area contributed by atoms with Crippen molar-refractivity contribution in [2.45, 2.75) is 45.4 Å². The van der Waals surface area contributed by atoms with E-state index in [1.54, 1.807) is 0 Å². The Labute approximate surface area is 188 Å². The summed E-state index contributed by atoms with van der Waals surface area (Å²) in [6, 6.07) is 11.8. The molecule has 0 atom stereocenters. The van der Waals surface area contributed by atoms with Crippen molar-refractivity contribution in [1.82, 2.24) is 10.2 Å². The Morgan fingerprint density at radius 3 is 2.63 bits per heavy atom. The number of ether oxygens (including phenoxy) is 1. The van der Waals surface area contributed by atoms with Gasteiger partial charge in [-0.05, 0) is 54.7 Å². The van der Waals surface area contributed by atoms with Crippen LogP contribution in [0.3, 0.4) is 0 Å². The molecule has 2 aromatic carbocycles. The third-order valence-corrected chi connectivity index (χ3v) is 5.75. The second-order valence-electron chi connectivity index (χ2n) is 7.19. The Morgan fingerprint density at radius 2 is 1.93 bits per heavy atom. The molecule has 0 saturated carbocycles. The van der Waals surface area contributed by atoms with Crippen LogP contribution in [0.25, 0.3) is 0 Å². The maximum Gasteiger partial charge on any atom is 0.277 e. The number of halogens is 1. The molecule has 1 amide bonds. The second kappa shape index (κ2) is 10.1. The summed E-state index contributed by atoms with van der Waals surface area (Å²) in [6.07, 6.45) is 0. The third kappa shape index (κ3) is 5.86. The zero-order chi connectivity index (χ0) is 21.7. The highest BCUT2D eigenvalue weighted by Crippen LogP contribution is 2.28. The Bertz CT molecular complexity index is 1020. The number of hydrogen-bond acceptors (Lipinski definition) is 6. The Kier molecular flexibility index (Phi) is 7.55. The van der Waals surface area contributed by atoms with E-state index in [1.165, 1.54) is 11.8 Å². The van der Waals surface area contributed by atoms with Crippen LogP contribution in [0.2, 0.25) is 0 Å². The first kappa shape index (κ1) is 22.4. The van der Waals surface area contributed by atoms with Gasteiger partial charge >= 0.3 is 0 Å². The van der Waals surface area contributed by atoms with E-state index in [9.17, 15) is 4.79 Å². The molecule has 0 fully saturated rings. The molecule has 0 aliphatic carbocycles. The Hall–Kier alpha value is -2.32. The van der Waals surface area contributed by atoms with Gasteiger partial charge in [-0.3, -0.25) is 4.79 Å². The number of aromatic nitrogens is 2. The van der Waals surface area contributed by atoms with Crippen molar-refractivity contribution in [3.05, 3.63) is 63.5 Å². The van der Waals surface area contributed by atoms with E-state index in [0.717, 1.165) is 32.6 Å². The number of benzene rings is 2. The number of carbonyl (C=O) groups excluding carboxylic acids is 1. The van der Waals surface area contributed by atoms with Gasteiger partial charge in [0.15, 0.2) is 6.61 Å². The van der Waals surface area contributed by atoms with Crippen LogP contribution in [0, 0.1) is 13.8 Å². The van der Waals surface area contributed by atoms with Crippen LogP contribution in [0.4, 0.5) is 5.69 Å². The minimum absolute atomic E-state index is 0.129. The molecule has 158 valence electrons. The quantitative estimate of drug-likeness (QED) is 0.398. The van der Waals surface area contributed by atoms with Crippen LogP contribution in [-0.4, -0.2) is 21.9 Å². The van der Waals surface area contributed by atoms with Crippen LogP contribution in [0.1, 0.15) is 42.3 Å². The molecule has 6 nitrogen and oxygen atoms in total. The molecular weight excluding hydrogens is 466 g/mol. The number of para-hydroxylation sites is 1. The van der Waals surface area contributed by atoms with E-state index in [2.05, 4.69) is 45.3 Å². The SMILES string of the molecule is Cc1cccc(C)c1OCc1nnc(SCC(=O)Nc2ccc(Br)cc2C(C)C)o1. The number of amides is 1. The van der Waals surface area contributed by atoms with Gasteiger partial charge in [0.1, 0.15) is 5.75 Å². The zero-order valence-electron chi connectivity index (χ0n) is 17.4. The number of anilines is 1. The molecule has 0 spiro atoms. The van der Waals surface area contributed by atoms with E-state index in [0.29, 0.717) is 17.0 Å². The molecule has 0 unspecified atom stereocenters. The fourth-order valence-electron chi connectivity index (χ4n) is 2.95.